The molecular weight excluding hydrogens is 231 g/mol. The van der Waals surface area contributed by atoms with Gasteiger partial charge in [0.05, 0.1) is 6.42 Å². The van der Waals surface area contributed by atoms with Crippen LogP contribution in [0.3, 0.4) is 0 Å². The van der Waals surface area contributed by atoms with Gasteiger partial charge in [-0.3, -0.25) is 4.90 Å². The second kappa shape index (κ2) is 5.40. The Hall–Kier alpha value is -1.23. The lowest BCUT2D eigenvalue weighted by atomic mass is 10.1. The lowest BCUT2D eigenvalue weighted by Gasteiger charge is -2.25. The van der Waals surface area contributed by atoms with Crippen LogP contribution in [0.2, 0.25) is 0 Å². The monoisotopic (exact) mass is 247 g/mol. The Morgan fingerprint density at radius 3 is 2.24 bits per heavy atom. The minimum Gasteiger partial charge on any atom is -0.508 e. The summed E-state index contributed by atoms with van der Waals surface area (Å²) in [6.07, 6.45) is -4.94. The molecule has 0 radical (unpaired) electrons. The average Bonchev–Trinajstić information content (AvgIpc) is 2.25. The molecule has 96 valence electrons. The molecule has 2 nitrogen and oxygen atoms in total. The van der Waals surface area contributed by atoms with E-state index in [0.29, 0.717) is 0 Å². The highest BCUT2D eigenvalue weighted by Gasteiger charge is 2.28. The first kappa shape index (κ1) is 13.8. The molecule has 1 unspecified atom stereocenters. The third kappa shape index (κ3) is 4.65. The number of phenolic OH excluding ortho intramolecular Hbond substituents is 1. The van der Waals surface area contributed by atoms with Crippen LogP contribution in [-0.4, -0.2) is 29.8 Å². The van der Waals surface area contributed by atoms with E-state index in [0.717, 1.165) is 5.56 Å². The molecule has 0 aromatic heterocycles. The van der Waals surface area contributed by atoms with Crippen LogP contribution >= 0.6 is 0 Å². The molecule has 5 heteroatoms. The lowest BCUT2D eigenvalue weighted by molar-refractivity contribution is -0.138. The molecule has 17 heavy (non-hydrogen) atoms. The molecule has 0 aliphatic heterocycles. The van der Waals surface area contributed by atoms with E-state index in [4.69, 9.17) is 5.11 Å². The van der Waals surface area contributed by atoms with Gasteiger partial charge in [-0.05, 0) is 31.7 Å². The molecule has 0 saturated carbocycles. The Balaban J connectivity index is 2.57. The summed E-state index contributed by atoms with van der Waals surface area (Å²) in [7, 11) is 1.66. The fourth-order valence-corrected chi connectivity index (χ4v) is 1.50. The molecule has 0 fully saturated rings. The van der Waals surface area contributed by atoms with Gasteiger partial charge in [0.25, 0.3) is 0 Å². The Morgan fingerprint density at radius 2 is 1.76 bits per heavy atom. The van der Waals surface area contributed by atoms with Crippen molar-refractivity contribution in [3.8, 4) is 5.75 Å². The fraction of sp³-hybridized carbons (Fsp3) is 0.500. The SMILES string of the molecule is CC(c1ccc(O)cc1)N(C)CCC(F)(F)F. The molecule has 1 rings (SSSR count). The van der Waals surface area contributed by atoms with Gasteiger partial charge in [0, 0.05) is 12.6 Å². The Morgan fingerprint density at radius 1 is 1.24 bits per heavy atom. The highest BCUT2D eigenvalue weighted by Crippen LogP contribution is 2.24. The maximum Gasteiger partial charge on any atom is 0.390 e. The van der Waals surface area contributed by atoms with Gasteiger partial charge in [0.2, 0.25) is 0 Å². The van der Waals surface area contributed by atoms with Gasteiger partial charge in [-0.15, -0.1) is 0 Å². The van der Waals surface area contributed by atoms with Crippen LogP contribution in [0.1, 0.15) is 24.9 Å². The van der Waals surface area contributed by atoms with Crippen LogP contribution in [-0.2, 0) is 0 Å². The van der Waals surface area contributed by atoms with E-state index in [1.807, 2.05) is 6.92 Å². The minimum absolute atomic E-state index is 0.0362. The smallest absolute Gasteiger partial charge is 0.390 e. The van der Waals surface area contributed by atoms with Crippen molar-refractivity contribution in [2.24, 2.45) is 0 Å². The maximum atomic E-state index is 12.1. The molecule has 1 aromatic carbocycles. The average molecular weight is 247 g/mol. The van der Waals surface area contributed by atoms with Gasteiger partial charge in [-0.1, -0.05) is 12.1 Å². The first-order valence-electron chi connectivity index (χ1n) is 5.35. The van der Waals surface area contributed by atoms with E-state index in [-0.39, 0.29) is 18.3 Å². The standard InChI is InChI=1S/C12H16F3NO/c1-9(10-3-5-11(17)6-4-10)16(2)8-7-12(13,14)15/h3-6,9,17H,7-8H2,1-2H3. The van der Waals surface area contributed by atoms with Gasteiger partial charge in [-0.2, -0.15) is 13.2 Å². The fourth-order valence-electron chi connectivity index (χ4n) is 1.50. The van der Waals surface area contributed by atoms with Crippen molar-refractivity contribution in [3.63, 3.8) is 0 Å². The van der Waals surface area contributed by atoms with Crippen LogP contribution in [0.15, 0.2) is 24.3 Å². The summed E-state index contributed by atoms with van der Waals surface area (Å²) in [5.41, 5.74) is 0.882. The minimum atomic E-state index is -4.12. The number of nitrogens with zero attached hydrogens (tertiary/aromatic N) is 1. The second-order valence-electron chi connectivity index (χ2n) is 4.11. The van der Waals surface area contributed by atoms with Gasteiger partial charge >= 0.3 is 6.18 Å². The van der Waals surface area contributed by atoms with Crippen LogP contribution in [0.5, 0.6) is 5.75 Å². The quantitative estimate of drug-likeness (QED) is 0.882. The number of halogens is 3. The molecule has 0 heterocycles. The topological polar surface area (TPSA) is 23.5 Å². The Kier molecular flexibility index (Phi) is 4.40. The summed E-state index contributed by atoms with van der Waals surface area (Å²) in [6.45, 7) is 1.80. The molecule has 0 bridgehead atoms. The van der Waals surface area contributed by atoms with Crippen LogP contribution < -0.4 is 0 Å². The number of rotatable bonds is 4. The van der Waals surface area contributed by atoms with E-state index >= 15 is 0 Å². The largest absolute Gasteiger partial charge is 0.508 e. The van der Waals surface area contributed by atoms with E-state index in [2.05, 4.69) is 0 Å². The van der Waals surface area contributed by atoms with Gasteiger partial charge in [0.1, 0.15) is 5.75 Å². The molecule has 1 aromatic rings. The summed E-state index contributed by atoms with van der Waals surface area (Å²) >= 11 is 0. The molecule has 0 amide bonds. The highest BCUT2D eigenvalue weighted by molar-refractivity contribution is 5.27. The molecule has 0 aliphatic rings. The third-order valence-corrected chi connectivity index (χ3v) is 2.78. The summed E-state index contributed by atoms with van der Waals surface area (Å²) in [6, 6.07) is 6.37. The second-order valence-corrected chi connectivity index (χ2v) is 4.11. The number of alkyl halides is 3. The van der Waals surface area contributed by atoms with Crippen molar-refractivity contribution in [3.05, 3.63) is 29.8 Å². The molecule has 1 N–H and O–H groups in total. The van der Waals surface area contributed by atoms with E-state index in [1.165, 1.54) is 12.1 Å². The predicted octanol–water partition coefficient (Wildman–Crippen LogP) is 3.34. The third-order valence-electron chi connectivity index (χ3n) is 2.78. The predicted molar refractivity (Wildman–Crippen MR) is 59.8 cm³/mol. The van der Waals surface area contributed by atoms with Crippen molar-refractivity contribution in [1.29, 1.82) is 0 Å². The van der Waals surface area contributed by atoms with Crippen molar-refractivity contribution in [2.45, 2.75) is 25.6 Å². The van der Waals surface area contributed by atoms with Gasteiger partial charge in [0.15, 0.2) is 0 Å². The lowest BCUT2D eigenvalue weighted by Crippen LogP contribution is -2.27. The van der Waals surface area contributed by atoms with Crippen molar-refractivity contribution in [1.82, 2.24) is 4.90 Å². The van der Waals surface area contributed by atoms with Crippen molar-refractivity contribution < 1.29 is 18.3 Å². The molecule has 0 saturated heterocycles. The highest BCUT2D eigenvalue weighted by atomic mass is 19.4. The van der Waals surface area contributed by atoms with Crippen molar-refractivity contribution >= 4 is 0 Å². The zero-order valence-electron chi connectivity index (χ0n) is 9.83. The van der Waals surface area contributed by atoms with Crippen LogP contribution in [0.4, 0.5) is 13.2 Å². The number of hydrogen-bond acceptors (Lipinski definition) is 2. The molecule has 0 spiro atoms. The zero-order chi connectivity index (χ0) is 13.1. The first-order valence-corrected chi connectivity index (χ1v) is 5.35. The molecular formula is C12H16F3NO. The zero-order valence-corrected chi connectivity index (χ0v) is 9.83. The normalized spacial score (nSPS) is 14.0. The van der Waals surface area contributed by atoms with Gasteiger partial charge < -0.3 is 5.11 Å². The summed E-state index contributed by atoms with van der Waals surface area (Å²) in [4.78, 5) is 1.64. The van der Waals surface area contributed by atoms with E-state index in [1.54, 1.807) is 24.1 Å². The number of benzene rings is 1. The summed E-state index contributed by atoms with van der Waals surface area (Å²) in [5.74, 6) is 0.152. The Bertz CT molecular complexity index is 348. The number of phenols is 1. The van der Waals surface area contributed by atoms with E-state index < -0.39 is 12.6 Å². The summed E-state index contributed by atoms with van der Waals surface area (Å²) in [5, 5.41) is 9.12. The Labute approximate surface area is 98.7 Å². The molecule has 0 aliphatic carbocycles. The van der Waals surface area contributed by atoms with Crippen LogP contribution in [0, 0.1) is 0 Å². The number of hydrogen-bond donors (Lipinski definition) is 1. The molecule has 1 atom stereocenters. The first-order chi connectivity index (χ1) is 7.79. The summed E-state index contributed by atoms with van der Waals surface area (Å²) < 4.78 is 36.2. The van der Waals surface area contributed by atoms with E-state index in [9.17, 15) is 13.2 Å². The van der Waals surface area contributed by atoms with Crippen LogP contribution in [0.25, 0.3) is 0 Å². The number of aromatic hydroxyl groups is 1. The maximum absolute atomic E-state index is 12.1. The van der Waals surface area contributed by atoms with Crippen molar-refractivity contribution in [2.75, 3.05) is 13.6 Å². The van der Waals surface area contributed by atoms with Gasteiger partial charge in [-0.25, -0.2) is 0 Å².